The first-order valence-corrected chi connectivity index (χ1v) is 38.8. The molecule has 12 aromatic carbocycles. The summed E-state index contributed by atoms with van der Waals surface area (Å²) in [6.07, 6.45) is 1.09. The van der Waals surface area contributed by atoms with Crippen LogP contribution in [-0.4, -0.2) is 0 Å². The van der Waals surface area contributed by atoms with E-state index >= 15 is 0 Å². The number of rotatable bonds is 0. The molecular weight excluding hydrogens is 1310 g/mol. The summed E-state index contributed by atoms with van der Waals surface area (Å²) in [6.45, 7) is 37.9. The van der Waals surface area contributed by atoms with Crippen molar-refractivity contribution in [1.82, 2.24) is 0 Å². The molecule has 18 rings (SSSR count). The zero-order valence-electron chi connectivity index (χ0n) is 66.4. The molecule has 0 saturated carbocycles. The SMILES string of the molecule is CC(C)(C)c1ccc2c(c1)Cc1ccccc1-2.CC(C)(C)c1ccc2sc3ccccc3c2c1.CC(C)(C)c1cccc2c1oc1ccccc12.CC(C)(C)c1cccc2c1sc1ccccc12.CC(C)(C)c1cccc2sc3ccccc3c12.[2H]C([2H])([2H])c1c(C(C)(C)C)ccc2oc3ccccc3c12. The minimum Gasteiger partial charge on any atom is -0.456 e. The smallest absolute Gasteiger partial charge is 0.139 e. The Morgan fingerprint density at radius 2 is 0.738 bits per heavy atom. The predicted octanol–water partition coefficient (Wildman–Crippen LogP) is 30.7. The molecule has 1 aliphatic carbocycles. The predicted molar refractivity (Wildman–Crippen MR) is 457 cm³/mol. The highest BCUT2D eigenvalue weighted by Crippen LogP contribution is 2.45. The lowest BCUT2D eigenvalue weighted by Crippen LogP contribution is -2.12. The van der Waals surface area contributed by atoms with Crippen LogP contribution in [0.5, 0.6) is 0 Å². The van der Waals surface area contributed by atoms with Gasteiger partial charge in [-0.05, 0) is 156 Å². The van der Waals surface area contributed by atoms with Crippen LogP contribution in [0.25, 0.3) is 116 Å². The number of thiophene rings is 3. The van der Waals surface area contributed by atoms with Gasteiger partial charge in [-0.1, -0.05) is 319 Å². The van der Waals surface area contributed by atoms with Crippen LogP contribution in [0.1, 0.15) is 179 Å². The second kappa shape index (κ2) is 28.2. The quantitative estimate of drug-likeness (QED) is 0.151. The number of furan rings is 2. The van der Waals surface area contributed by atoms with Crippen LogP contribution in [0.2, 0.25) is 0 Å². The zero-order valence-corrected chi connectivity index (χ0v) is 65.9. The lowest BCUT2D eigenvalue weighted by atomic mass is 9.83. The summed E-state index contributed by atoms with van der Waals surface area (Å²) in [5, 5.41) is 12.4. The fourth-order valence-corrected chi connectivity index (χ4v) is 18.0. The highest BCUT2D eigenvalue weighted by molar-refractivity contribution is 7.26. The van der Waals surface area contributed by atoms with E-state index in [1.54, 1.807) is 0 Å². The molecule has 2 nitrogen and oxygen atoms in total. The van der Waals surface area contributed by atoms with Crippen molar-refractivity contribution in [1.29, 1.82) is 0 Å². The number of benzene rings is 12. The molecule has 17 aromatic rings. The maximum atomic E-state index is 7.98. The van der Waals surface area contributed by atoms with Crippen LogP contribution in [-0.2, 0) is 38.9 Å². The highest BCUT2D eigenvalue weighted by Gasteiger charge is 2.26. The summed E-state index contributed by atoms with van der Waals surface area (Å²) in [7, 11) is 0. The fourth-order valence-electron chi connectivity index (χ4n) is 14.3. The van der Waals surface area contributed by atoms with E-state index in [-0.39, 0.29) is 32.5 Å². The van der Waals surface area contributed by atoms with E-state index in [1.165, 1.54) is 121 Å². The van der Waals surface area contributed by atoms with Gasteiger partial charge in [-0.3, -0.25) is 0 Å². The molecule has 0 unspecified atom stereocenters. The van der Waals surface area contributed by atoms with Crippen molar-refractivity contribution < 1.29 is 12.9 Å². The van der Waals surface area contributed by atoms with Crippen molar-refractivity contribution in [2.75, 3.05) is 0 Å². The maximum Gasteiger partial charge on any atom is 0.139 e. The van der Waals surface area contributed by atoms with Crippen LogP contribution >= 0.6 is 34.0 Å². The Hall–Kier alpha value is -9.10. The first-order valence-electron chi connectivity index (χ1n) is 37.8. The Balaban J connectivity index is 0.000000113. The summed E-state index contributed by atoms with van der Waals surface area (Å²) >= 11 is 5.69. The Morgan fingerprint density at radius 1 is 0.282 bits per heavy atom. The largest absolute Gasteiger partial charge is 0.456 e. The monoisotopic (exact) mass is 1410 g/mol. The summed E-state index contributed by atoms with van der Waals surface area (Å²) < 4.78 is 44.2. The number of para-hydroxylation sites is 3. The molecule has 0 aliphatic heterocycles. The third-order valence-corrected chi connectivity index (χ3v) is 23.4. The van der Waals surface area contributed by atoms with E-state index in [2.05, 4.69) is 304 Å². The van der Waals surface area contributed by atoms with Crippen molar-refractivity contribution in [2.24, 2.45) is 0 Å². The highest BCUT2D eigenvalue weighted by atomic mass is 32.1. The molecule has 103 heavy (non-hydrogen) atoms. The lowest BCUT2D eigenvalue weighted by molar-refractivity contribution is 0.573. The van der Waals surface area contributed by atoms with Crippen molar-refractivity contribution in [3.63, 3.8) is 0 Å². The summed E-state index contributed by atoms with van der Waals surface area (Å²) in [6, 6.07) is 88.0. The second-order valence-electron chi connectivity index (χ2n) is 33.8. The van der Waals surface area contributed by atoms with Gasteiger partial charge >= 0.3 is 0 Å². The molecule has 1 aliphatic rings. The van der Waals surface area contributed by atoms with Crippen molar-refractivity contribution in [3.8, 4) is 11.1 Å². The molecule has 0 amide bonds. The van der Waals surface area contributed by atoms with Gasteiger partial charge in [0.25, 0.3) is 0 Å². The van der Waals surface area contributed by atoms with Gasteiger partial charge in [-0.25, -0.2) is 0 Å². The fraction of sp³-hybridized carbons (Fsp3) is 0.265. The number of hydrogen-bond donors (Lipinski definition) is 0. The van der Waals surface area contributed by atoms with Gasteiger partial charge in [0.2, 0.25) is 0 Å². The molecule has 5 heterocycles. The van der Waals surface area contributed by atoms with E-state index in [4.69, 9.17) is 12.9 Å². The minimum atomic E-state index is -2.17. The van der Waals surface area contributed by atoms with Crippen LogP contribution in [0, 0.1) is 6.85 Å². The van der Waals surface area contributed by atoms with Gasteiger partial charge in [-0.15, -0.1) is 34.0 Å². The summed E-state index contributed by atoms with van der Waals surface area (Å²) in [4.78, 5) is 0. The van der Waals surface area contributed by atoms with Crippen LogP contribution in [0.4, 0.5) is 0 Å². The van der Waals surface area contributed by atoms with E-state index in [0.29, 0.717) is 11.1 Å². The van der Waals surface area contributed by atoms with Gasteiger partial charge in [-0.2, -0.15) is 0 Å². The Labute approximate surface area is 627 Å². The van der Waals surface area contributed by atoms with E-state index in [0.717, 1.165) is 39.5 Å². The molecular formula is C98H100O2S3. The normalized spacial score (nSPS) is 13.1. The van der Waals surface area contributed by atoms with E-state index in [1.807, 2.05) is 103 Å². The molecule has 5 aromatic heterocycles. The van der Waals surface area contributed by atoms with Crippen molar-refractivity contribution >= 4 is 138 Å². The molecule has 0 saturated heterocycles. The Morgan fingerprint density at radius 3 is 1.38 bits per heavy atom. The van der Waals surface area contributed by atoms with Crippen molar-refractivity contribution in [2.45, 2.75) is 170 Å². The molecule has 0 spiro atoms. The maximum absolute atomic E-state index is 7.98. The third-order valence-electron chi connectivity index (χ3n) is 19.9. The first kappa shape index (κ1) is 68.3. The van der Waals surface area contributed by atoms with Gasteiger partial charge in [0.1, 0.15) is 22.3 Å². The number of aryl methyl sites for hydroxylation is 1. The molecule has 0 N–H and O–H groups in total. The van der Waals surface area contributed by atoms with Crippen molar-refractivity contribution in [3.05, 3.63) is 299 Å². The van der Waals surface area contributed by atoms with E-state index in [9.17, 15) is 0 Å². The molecule has 0 radical (unpaired) electrons. The summed E-state index contributed by atoms with van der Waals surface area (Å²) in [5.41, 5.74) is 18.2. The summed E-state index contributed by atoms with van der Waals surface area (Å²) in [5.74, 6) is 0. The van der Waals surface area contributed by atoms with Gasteiger partial charge < -0.3 is 8.83 Å². The molecule has 0 atom stereocenters. The van der Waals surface area contributed by atoms with E-state index < -0.39 is 6.85 Å². The first-order chi connectivity index (χ1) is 50.0. The standard InChI is InChI=1S/C17H18O.C17H18.C16H16O.3C16H16S/c1-11-13(17(2,3)4)9-10-15-16(11)12-7-5-6-8-14(12)18-15;1-17(2,3)14-8-9-16-13(11-14)10-12-6-4-5-7-15(12)16;2*1-16(2,3)13-9-6-8-12-11-7-4-5-10-14(11)17-15(12)13;1-16(2,3)12-8-6-10-14-15(12)11-7-4-5-9-13(11)17-14;1-16(2,3)11-8-9-15-13(10-11)12-6-4-5-7-14(12)17-15/h5-10H,1-4H3;4-9,11H,10H2,1-3H3;4*4-10H,1-3H3/i1D3;;;;;. The van der Waals surface area contributed by atoms with Gasteiger partial charge in [0.15, 0.2) is 0 Å². The second-order valence-corrected chi connectivity index (χ2v) is 37.0. The lowest BCUT2D eigenvalue weighted by Gasteiger charge is -2.21. The number of fused-ring (bicyclic) bond motifs is 18. The minimum absolute atomic E-state index is 0.105. The number of hydrogen-bond acceptors (Lipinski definition) is 5. The Kier molecular flexibility index (Phi) is 18.7. The third kappa shape index (κ3) is 15.0. The average molecular weight is 1410 g/mol. The zero-order chi connectivity index (χ0) is 75.6. The van der Waals surface area contributed by atoms with Crippen LogP contribution in [0.15, 0.2) is 258 Å². The van der Waals surface area contributed by atoms with Gasteiger partial charge in [0, 0.05) is 91.7 Å². The molecule has 0 fully saturated rings. The van der Waals surface area contributed by atoms with Gasteiger partial charge in [0.05, 0.1) is 0 Å². The molecule has 0 bridgehead atoms. The Bertz CT molecular complexity index is 5910. The molecule has 5 heteroatoms. The topological polar surface area (TPSA) is 26.3 Å². The average Bonchev–Trinajstić information content (AvgIpc) is 1.59. The van der Waals surface area contributed by atoms with Crippen LogP contribution < -0.4 is 0 Å². The molecule has 522 valence electrons. The van der Waals surface area contributed by atoms with Crippen LogP contribution in [0.3, 0.4) is 0 Å².